The van der Waals surface area contributed by atoms with E-state index in [0.29, 0.717) is 11.8 Å². The van der Waals surface area contributed by atoms with Crippen molar-refractivity contribution in [3.8, 4) is 5.88 Å². The lowest BCUT2D eigenvalue weighted by Crippen LogP contribution is -1.99. The van der Waals surface area contributed by atoms with E-state index in [1.807, 2.05) is 0 Å². The molecule has 60 valence electrons. The van der Waals surface area contributed by atoms with Gasteiger partial charge in [0.05, 0.1) is 7.11 Å². The average Bonchev–Trinajstić information content (AvgIpc) is 2.04. The minimum absolute atomic E-state index is 0.360. The van der Waals surface area contributed by atoms with E-state index in [0.717, 1.165) is 5.69 Å². The van der Waals surface area contributed by atoms with Gasteiger partial charge in [0.2, 0.25) is 5.88 Å². The van der Waals surface area contributed by atoms with Crippen LogP contribution >= 0.6 is 0 Å². The van der Waals surface area contributed by atoms with Crippen LogP contribution in [0, 0.1) is 0 Å². The van der Waals surface area contributed by atoms with Crippen LogP contribution in [0.15, 0.2) is 12.4 Å². The lowest BCUT2D eigenvalue weighted by molar-refractivity contribution is 0.386. The van der Waals surface area contributed by atoms with Gasteiger partial charge in [-0.1, -0.05) is 13.8 Å². The first-order valence-corrected chi connectivity index (χ1v) is 3.60. The molecule has 0 aliphatic rings. The summed E-state index contributed by atoms with van der Waals surface area (Å²) in [4.78, 5) is 8.20. The molecule has 0 atom stereocenters. The normalized spacial score (nSPS) is 10.2. The van der Waals surface area contributed by atoms with Crippen molar-refractivity contribution < 1.29 is 4.74 Å². The summed E-state index contributed by atoms with van der Waals surface area (Å²) in [5.41, 5.74) is 0.912. The fourth-order valence-corrected chi connectivity index (χ4v) is 0.889. The van der Waals surface area contributed by atoms with Crippen LogP contribution in [0.3, 0.4) is 0 Å². The summed E-state index contributed by atoms with van der Waals surface area (Å²) in [7, 11) is 1.61. The third-order valence-corrected chi connectivity index (χ3v) is 1.43. The Labute approximate surface area is 66.4 Å². The second-order valence-corrected chi connectivity index (χ2v) is 2.61. The largest absolute Gasteiger partial charge is 0.480 e. The van der Waals surface area contributed by atoms with Crippen molar-refractivity contribution in [1.29, 1.82) is 0 Å². The highest BCUT2D eigenvalue weighted by molar-refractivity contribution is 5.20. The van der Waals surface area contributed by atoms with Crippen molar-refractivity contribution in [3.63, 3.8) is 0 Å². The Morgan fingerprint density at radius 2 is 1.91 bits per heavy atom. The van der Waals surface area contributed by atoms with Gasteiger partial charge in [0, 0.05) is 18.3 Å². The van der Waals surface area contributed by atoms with Gasteiger partial charge < -0.3 is 4.74 Å². The first-order chi connectivity index (χ1) is 5.25. The molecule has 0 fully saturated rings. The van der Waals surface area contributed by atoms with E-state index in [-0.39, 0.29) is 0 Å². The Hall–Kier alpha value is -1.12. The number of nitrogens with zero attached hydrogens (tertiary/aromatic N) is 2. The summed E-state index contributed by atoms with van der Waals surface area (Å²) in [6.45, 7) is 4.12. The van der Waals surface area contributed by atoms with E-state index < -0.39 is 0 Å². The molecular weight excluding hydrogens is 143 g/mol. The van der Waals surface area contributed by atoms with Crippen molar-refractivity contribution in [1.82, 2.24) is 9.97 Å². The second kappa shape index (κ2) is 3.32. The van der Waals surface area contributed by atoms with Crippen molar-refractivity contribution in [2.24, 2.45) is 0 Å². The van der Waals surface area contributed by atoms with E-state index in [1.165, 1.54) is 0 Å². The summed E-state index contributed by atoms with van der Waals surface area (Å²) in [5, 5.41) is 0. The van der Waals surface area contributed by atoms with Gasteiger partial charge in [0.1, 0.15) is 5.69 Å². The highest BCUT2D eigenvalue weighted by Crippen LogP contribution is 2.19. The monoisotopic (exact) mass is 155 g/mol. The predicted octanol–water partition coefficient (Wildman–Crippen LogP) is 1.61. The molecule has 0 saturated carbocycles. The Kier molecular flexibility index (Phi) is 2.41. The Balaban J connectivity index is 3.02. The predicted molar refractivity (Wildman–Crippen MR) is 42.7 cm³/mol. The summed E-state index contributed by atoms with van der Waals surface area (Å²) in [6, 6.07) is 0. The number of hydrogen-bond acceptors (Lipinski definition) is 3. The van der Waals surface area contributed by atoms with Crippen LogP contribution in [0.5, 0.6) is 5.88 Å². The minimum atomic E-state index is 0.360. The van der Waals surface area contributed by atoms with E-state index in [9.17, 15) is 0 Å². The molecule has 0 aliphatic carbocycles. The highest BCUT2D eigenvalue weighted by atomic mass is 16.5. The van der Waals surface area contributed by atoms with Gasteiger partial charge in [-0.05, 0) is 0 Å². The molecule has 1 rings (SSSR count). The zero-order valence-electron chi connectivity index (χ0n) is 7.03. The maximum atomic E-state index is 5.03. The van der Waals surface area contributed by atoms with Gasteiger partial charge in [-0.3, -0.25) is 4.98 Å². The third-order valence-electron chi connectivity index (χ3n) is 1.43. The van der Waals surface area contributed by atoms with Gasteiger partial charge in [0.15, 0.2) is 0 Å². The van der Waals surface area contributed by atoms with Gasteiger partial charge in [-0.2, -0.15) is 0 Å². The van der Waals surface area contributed by atoms with Crippen LogP contribution in [-0.2, 0) is 0 Å². The number of rotatable bonds is 2. The van der Waals surface area contributed by atoms with Crippen LogP contribution in [0.4, 0.5) is 0 Å². The van der Waals surface area contributed by atoms with Crippen LogP contribution in [0.2, 0.25) is 0 Å². The van der Waals surface area contributed by atoms with Crippen LogP contribution < -0.4 is 4.74 Å². The molecule has 0 saturated heterocycles. The zero-order valence-corrected chi connectivity index (χ0v) is 7.03. The van der Waals surface area contributed by atoms with Crippen LogP contribution in [0.25, 0.3) is 0 Å². The summed E-state index contributed by atoms with van der Waals surface area (Å²) in [5.74, 6) is 0.987. The molecule has 0 bridgehead atoms. The average molecular weight is 155 g/mol. The highest BCUT2D eigenvalue weighted by Gasteiger charge is 2.07. The van der Waals surface area contributed by atoms with E-state index >= 15 is 0 Å². The van der Waals surface area contributed by atoms with E-state index in [4.69, 9.17) is 4.74 Å². The fraction of sp³-hybridized carbons (Fsp3) is 0.500. The maximum absolute atomic E-state index is 5.03. The standard InChI is InChI=1S/C8H12N2O/c1-6(2)7-8(11-3)10-5-4-9-7/h4-6H,1-3H3/i1+1,2+1,6+1. The molecule has 1 aromatic rings. The van der Waals surface area contributed by atoms with Crippen molar-refractivity contribution in [3.05, 3.63) is 18.1 Å². The summed E-state index contributed by atoms with van der Waals surface area (Å²) < 4.78 is 5.03. The number of ether oxygens (including phenoxy) is 1. The lowest BCUT2D eigenvalue weighted by atomic mass is 10.5. The summed E-state index contributed by atoms with van der Waals surface area (Å²) >= 11 is 0. The maximum Gasteiger partial charge on any atom is 0.235 e. The molecule has 0 unspecified atom stereocenters. The molecule has 0 N–H and O–H groups in total. The molecule has 0 aliphatic heterocycles. The van der Waals surface area contributed by atoms with E-state index in [1.54, 1.807) is 19.5 Å². The fourth-order valence-electron chi connectivity index (χ4n) is 0.889. The molecule has 1 heterocycles. The lowest BCUT2D eigenvalue weighted by Gasteiger charge is -2.07. The molecule has 0 amide bonds. The van der Waals surface area contributed by atoms with Gasteiger partial charge in [-0.15, -0.1) is 0 Å². The Bertz CT molecular complexity index is 235. The second-order valence-electron chi connectivity index (χ2n) is 2.61. The smallest absolute Gasteiger partial charge is 0.235 e. The SMILES string of the molecule is COc1nccnc1[13CH]([13CH3])[13CH3]. The number of hydrogen-bond donors (Lipinski definition) is 0. The molecule has 0 radical (unpaired) electrons. The number of methoxy groups -OCH3 is 1. The van der Waals surface area contributed by atoms with Crippen molar-refractivity contribution in [2.45, 2.75) is 19.8 Å². The molecule has 3 nitrogen and oxygen atoms in total. The quantitative estimate of drug-likeness (QED) is 0.608. The molecule has 3 heteroatoms. The van der Waals surface area contributed by atoms with Crippen LogP contribution in [0.1, 0.15) is 25.5 Å². The molecule has 0 aromatic carbocycles. The van der Waals surface area contributed by atoms with Crippen LogP contribution in [-0.4, -0.2) is 17.1 Å². The van der Waals surface area contributed by atoms with E-state index in [2.05, 4.69) is 23.8 Å². The Morgan fingerprint density at radius 3 is 2.36 bits per heavy atom. The Morgan fingerprint density at radius 1 is 1.27 bits per heavy atom. The summed E-state index contributed by atoms with van der Waals surface area (Å²) in [6.07, 6.45) is 3.31. The molecule has 1 aromatic heterocycles. The minimum Gasteiger partial charge on any atom is -0.480 e. The topological polar surface area (TPSA) is 35.0 Å². The van der Waals surface area contributed by atoms with Crippen molar-refractivity contribution in [2.75, 3.05) is 7.11 Å². The van der Waals surface area contributed by atoms with Gasteiger partial charge in [0.25, 0.3) is 0 Å². The van der Waals surface area contributed by atoms with Crippen molar-refractivity contribution >= 4 is 0 Å². The number of aromatic nitrogens is 2. The zero-order chi connectivity index (χ0) is 8.27. The first kappa shape index (κ1) is 7.98. The molecule has 11 heavy (non-hydrogen) atoms. The third kappa shape index (κ3) is 1.67. The molecular formula is C8H12N2O. The molecule has 0 spiro atoms. The van der Waals surface area contributed by atoms with Gasteiger partial charge in [-0.25, -0.2) is 4.98 Å². The first-order valence-electron chi connectivity index (χ1n) is 3.60. The van der Waals surface area contributed by atoms with Gasteiger partial charge >= 0.3 is 0 Å².